The Morgan fingerprint density at radius 1 is 1.30 bits per heavy atom. The second-order valence-corrected chi connectivity index (χ2v) is 5.55. The molecule has 1 aliphatic heterocycles. The average Bonchev–Trinajstić information content (AvgIpc) is 2.98. The van der Waals surface area contributed by atoms with E-state index >= 15 is 0 Å². The molecule has 0 amide bonds. The lowest BCUT2D eigenvalue weighted by molar-refractivity contribution is -0.0498. The highest BCUT2D eigenvalue weighted by Crippen LogP contribution is 2.19. The summed E-state index contributed by atoms with van der Waals surface area (Å²) < 4.78 is 42.0. The highest BCUT2D eigenvalue weighted by molar-refractivity contribution is 7.83. The number of hydrogen-bond donors (Lipinski definition) is 1. The zero-order valence-electron chi connectivity index (χ0n) is 10.3. The first-order chi connectivity index (χ1) is 9.63. The summed E-state index contributed by atoms with van der Waals surface area (Å²) in [5.41, 5.74) is 1.91. The monoisotopic (exact) mass is 299 g/mol. The summed E-state index contributed by atoms with van der Waals surface area (Å²) >= 11 is 0. The number of nitrogens with zero attached hydrogens (tertiary/aromatic N) is 2. The van der Waals surface area contributed by atoms with E-state index in [2.05, 4.69) is 15.2 Å². The molecule has 106 valence electrons. The molecule has 20 heavy (non-hydrogen) atoms. The molecule has 0 saturated heterocycles. The number of ether oxygens (including phenoxy) is 1. The van der Waals surface area contributed by atoms with Crippen LogP contribution in [0.15, 0.2) is 35.4 Å². The van der Waals surface area contributed by atoms with E-state index in [4.69, 9.17) is 0 Å². The number of halogens is 2. The molecule has 0 bridgehead atoms. The summed E-state index contributed by atoms with van der Waals surface area (Å²) in [4.78, 5) is 0.473. The van der Waals surface area contributed by atoms with Gasteiger partial charge in [-0.2, -0.15) is 18.0 Å². The van der Waals surface area contributed by atoms with Crippen LogP contribution >= 0.6 is 0 Å². The third-order valence-corrected chi connectivity index (χ3v) is 4.09. The number of hydrogen-bond acceptors (Lipinski definition) is 4. The molecule has 0 saturated carbocycles. The van der Waals surface area contributed by atoms with Gasteiger partial charge >= 0.3 is 6.61 Å². The fourth-order valence-electron chi connectivity index (χ4n) is 1.96. The lowest BCUT2D eigenvalue weighted by Gasteiger charge is -2.06. The summed E-state index contributed by atoms with van der Waals surface area (Å²) in [6.07, 6.45) is 1.73. The van der Waals surface area contributed by atoms with Gasteiger partial charge in [-0.25, -0.2) is 4.21 Å². The molecule has 0 spiro atoms. The zero-order valence-corrected chi connectivity index (χ0v) is 11.1. The van der Waals surface area contributed by atoms with Crippen LogP contribution in [0, 0.1) is 0 Å². The fourth-order valence-corrected chi connectivity index (χ4v) is 2.94. The molecule has 0 radical (unpaired) electrons. The van der Waals surface area contributed by atoms with E-state index in [9.17, 15) is 13.0 Å². The van der Waals surface area contributed by atoms with E-state index in [1.54, 1.807) is 6.20 Å². The minimum atomic E-state index is -2.87. The molecule has 8 heteroatoms. The Balaban J connectivity index is 1.79. The third kappa shape index (κ3) is 2.56. The quantitative estimate of drug-likeness (QED) is 0.933. The van der Waals surface area contributed by atoms with Crippen LogP contribution < -0.4 is 10.1 Å². The Morgan fingerprint density at radius 2 is 2.05 bits per heavy atom. The highest BCUT2D eigenvalue weighted by atomic mass is 32.2. The molecule has 1 aromatic heterocycles. The van der Waals surface area contributed by atoms with Crippen molar-refractivity contribution in [1.29, 1.82) is 0 Å². The Bertz CT molecular complexity index is 621. The standard InChI is InChI=1S/C12H11F2N3O2S/c13-12(14)19-9-1-3-10(4-2-9)20(18)17-7-8-5-15-6-11(8)16-17/h1-4,7,12,15H,5-6H2. The van der Waals surface area contributed by atoms with Crippen LogP contribution in [0.3, 0.4) is 0 Å². The van der Waals surface area contributed by atoms with Gasteiger partial charge < -0.3 is 10.1 Å². The van der Waals surface area contributed by atoms with E-state index in [0.29, 0.717) is 18.0 Å². The van der Waals surface area contributed by atoms with Crippen molar-refractivity contribution in [3.63, 3.8) is 0 Å². The highest BCUT2D eigenvalue weighted by Gasteiger charge is 2.17. The van der Waals surface area contributed by atoms with Crippen LogP contribution in [0.2, 0.25) is 0 Å². The molecule has 0 aliphatic carbocycles. The van der Waals surface area contributed by atoms with Gasteiger partial charge in [0.15, 0.2) is 11.0 Å². The second kappa shape index (κ2) is 5.29. The lowest BCUT2D eigenvalue weighted by Crippen LogP contribution is -2.09. The first-order valence-electron chi connectivity index (χ1n) is 5.89. The summed E-state index contributed by atoms with van der Waals surface area (Å²) in [6.45, 7) is -1.48. The van der Waals surface area contributed by atoms with E-state index < -0.39 is 17.6 Å². The van der Waals surface area contributed by atoms with Gasteiger partial charge in [0.05, 0.1) is 10.6 Å². The number of benzene rings is 1. The SMILES string of the molecule is O=S(c1ccc(OC(F)F)cc1)n1cc2c(n1)CNC2. The number of fused-ring (bicyclic) bond motifs is 1. The maximum absolute atomic E-state index is 12.3. The van der Waals surface area contributed by atoms with Crippen molar-refractivity contribution >= 4 is 11.0 Å². The average molecular weight is 299 g/mol. The van der Waals surface area contributed by atoms with Gasteiger partial charge in [-0.3, -0.25) is 0 Å². The number of nitrogens with one attached hydrogen (secondary N) is 1. The molecule has 2 heterocycles. The van der Waals surface area contributed by atoms with Gasteiger partial charge in [0.1, 0.15) is 5.75 Å². The molecule has 2 aromatic rings. The van der Waals surface area contributed by atoms with Crippen LogP contribution in [0.5, 0.6) is 5.75 Å². The van der Waals surface area contributed by atoms with Crippen LogP contribution in [0.1, 0.15) is 11.3 Å². The molecule has 5 nitrogen and oxygen atoms in total. The summed E-state index contributed by atoms with van der Waals surface area (Å²) in [6, 6.07) is 5.69. The predicted octanol–water partition coefficient (Wildman–Crippen LogP) is 1.66. The van der Waals surface area contributed by atoms with Gasteiger partial charge in [-0.1, -0.05) is 0 Å². The van der Waals surface area contributed by atoms with Crippen molar-refractivity contribution in [2.45, 2.75) is 24.6 Å². The number of alkyl halides is 2. The van der Waals surface area contributed by atoms with E-state index in [1.165, 1.54) is 28.4 Å². The molecular formula is C12H11F2N3O2S. The second-order valence-electron chi connectivity index (χ2n) is 4.21. The Morgan fingerprint density at radius 3 is 2.70 bits per heavy atom. The molecular weight excluding hydrogens is 288 g/mol. The molecule has 1 unspecified atom stereocenters. The maximum Gasteiger partial charge on any atom is 0.387 e. The van der Waals surface area contributed by atoms with E-state index in [-0.39, 0.29) is 5.75 Å². The van der Waals surface area contributed by atoms with Gasteiger partial charge in [0.25, 0.3) is 0 Å². The Hall–Kier alpha value is -1.80. The number of aromatic nitrogens is 2. The summed E-state index contributed by atoms with van der Waals surface area (Å²) in [7, 11) is -1.49. The van der Waals surface area contributed by atoms with Crippen molar-refractivity contribution in [2.24, 2.45) is 0 Å². The molecule has 1 aliphatic rings. The van der Waals surface area contributed by atoms with Crippen molar-refractivity contribution in [3.05, 3.63) is 41.7 Å². The zero-order chi connectivity index (χ0) is 14.1. The van der Waals surface area contributed by atoms with Crippen LogP contribution in [0.4, 0.5) is 8.78 Å². The van der Waals surface area contributed by atoms with E-state index in [0.717, 1.165) is 11.3 Å². The molecule has 1 N–H and O–H groups in total. The lowest BCUT2D eigenvalue weighted by atomic mass is 10.3. The fraction of sp³-hybridized carbons (Fsp3) is 0.250. The Labute approximate surface area is 116 Å². The van der Waals surface area contributed by atoms with Crippen molar-refractivity contribution in [2.75, 3.05) is 0 Å². The molecule has 1 aromatic carbocycles. The Kier molecular flexibility index (Phi) is 3.49. The van der Waals surface area contributed by atoms with Gasteiger partial charge in [-0.15, -0.1) is 0 Å². The largest absolute Gasteiger partial charge is 0.435 e. The first-order valence-corrected chi connectivity index (χ1v) is 6.99. The van der Waals surface area contributed by atoms with Crippen molar-refractivity contribution in [3.8, 4) is 5.75 Å². The van der Waals surface area contributed by atoms with Crippen LogP contribution in [0.25, 0.3) is 0 Å². The smallest absolute Gasteiger partial charge is 0.387 e. The maximum atomic E-state index is 12.3. The van der Waals surface area contributed by atoms with Gasteiger partial charge in [0, 0.05) is 24.8 Å². The molecule has 0 fully saturated rings. The van der Waals surface area contributed by atoms with Crippen LogP contribution in [-0.4, -0.2) is 20.0 Å². The predicted molar refractivity (Wildman–Crippen MR) is 67.7 cm³/mol. The first kappa shape index (κ1) is 13.2. The minimum absolute atomic E-state index is 0.0351. The topological polar surface area (TPSA) is 56.2 Å². The van der Waals surface area contributed by atoms with Crippen molar-refractivity contribution < 1.29 is 17.7 Å². The number of rotatable bonds is 4. The molecule has 3 rings (SSSR count). The van der Waals surface area contributed by atoms with Gasteiger partial charge in [-0.05, 0) is 24.3 Å². The summed E-state index contributed by atoms with van der Waals surface area (Å²) in [5, 5.41) is 7.38. The van der Waals surface area contributed by atoms with Crippen molar-refractivity contribution in [1.82, 2.24) is 14.5 Å². The third-order valence-electron chi connectivity index (χ3n) is 2.88. The van der Waals surface area contributed by atoms with Gasteiger partial charge in [0.2, 0.25) is 0 Å². The van der Waals surface area contributed by atoms with Crippen LogP contribution in [-0.2, 0) is 24.1 Å². The van der Waals surface area contributed by atoms with E-state index in [1.807, 2.05) is 0 Å². The minimum Gasteiger partial charge on any atom is -0.435 e. The normalized spacial score (nSPS) is 15.3. The summed E-state index contributed by atoms with van der Waals surface area (Å²) in [5.74, 6) is 0.0351. The molecule has 1 atom stereocenters.